The molecule has 0 bridgehead atoms. The molecule has 0 amide bonds. The topological polar surface area (TPSA) is 43.1 Å². The van der Waals surface area contributed by atoms with Crippen molar-refractivity contribution in [2.24, 2.45) is 0 Å². The van der Waals surface area contributed by atoms with Gasteiger partial charge in [0.15, 0.2) is 0 Å². The van der Waals surface area contributed by atoms with E-state index in [2.05, 4.69) is 20.8 Å². The Morgan fingerprint density at radius 3 is 1.77 bits per heavy atom. The number of alkyl halides is 3. The van der Waals surface area contributed by atoms with Gasteiger partial charge in [0.1, 0.15) is 0 Å². The van der Waals surface area contributed by atoms with Crippen molar-refractivity contribution in [3.63, 3.8) is 0 Å². The van der Waals surface area contributed by atoms with E-state index in [1.165, 1.54) is 6.07 Å². The number of unbranched alkanes of at least 4 members (excludes halogenated alkanes) is 3. The molecule has 1 aromatic carbocycles. The zero-order valence-electron chi connectivity index (χ0n) is 16.0. The first-order valence-corrected chi connectivity index (χ1v) is 17.1. The standard InChI is InChI=1S/C7H3F3NO2.3C4H9.Sn/c8-7(9,10)5-2-1-3-6(4-5)11(12)13;3*1-3-4-2;/h1-2,4H;3*1,3-4H2,2H3;. The third-order valence-corrected chi connectivity index (χ3v) is 20.8. The summed E-state index contributed by atoms with van der Waals surface area (Å²) in [5, 5.41) is 11.6. The molecule has 3 nitrogen and oxygen atoms in total. The van der Waals surface area contributed by atoms with E-state index >= 15 is 0 Å². The fourth-order valence-electron chi connectivity index (χ4n) is 3.63. The van der Waals surface area contributed by atoms with Crippen molar-refractivity contribution in [1.29, 1.82) is 0 Å². The Kier molecular flexibility index (Phi) is 9.41. The van der Waals surface area contributed by atoms with Crippen molar-refractivity contribution in [2.45, 2.75) is 78.8 Å². The molecular formula is C19H30F3NO2Sn. The summed E-state index contributed by atoms with van der Waals surface area (Å²) in [6, 6.07) is 3.28. The summed E-state index contributed by atoms with van der Waals surface area (Å²) in [6.45, 7) is 6.28. The van der Waals surface area contributed by atoms with Gasteiger partial charge in [-0.05, 0) is 0 Å². The number of nitrogens with zero attached hydrogens (tertiary/aromatic N) is 1. The van der Waals surface area contributed by atoms with Crippen LogP contribution in [0.1, 0.15) is 64.9 Å². The summed E-state index contributed by atoms with van der Waals surface area (Å²) in [7, 11) is 0. The predicted octanol–water partition coefficient (Wildman–Crippen LogP) is 6.67. The van der Waals surface area contributed by atoms with Gasteiger partial charge < -0.3 is 0 Å². The van der Waals surface area contributed by atoms with Gasteiger partial charge in [-0.2, -0.15) is 0 Å². The average molecular weight is 480 g/mol. The third kappa shape index (κ3) is 6.13. The maximum atomic E-state index is 13.1. The van der Waals surface area contributed by atoms with Gasteiger partial charge in [-0.25, -0.2) is 0 Å². The van der Waals surface area contributed by atoms with Gasteiger partial charge in [-0.3, -0.25) is 0 Å². The molecule has 148 valence electrons. The van der Waals surface area contributed by atoms with Crippen LogP contribution in [0.3, 0.4) is 0 Å². The number of nitro groups is 1. The molecule has 0 saturated carbocycles. The molecule has 1 aromatic rings. The Morgan fingerprint density at radius 2 is 1.42 bits per heavy atom. The summed E-state index contributed by atoms with van der Waals surface area (Å²) in [5.41, 5.74) is -1.21. The number of rotatable bonds is 11. The monoisotopic (exact) mass is 481 g/mol. The van der Waals surface area contributed by atoms with Gasteiger partial charge in [0, 0.05) is 0 Å². The molecule has 0 saturated heterocycles. The van der Waals surface area contributed by atoms with Crippen molar-refractivity contribution in [2.75, 3.05) is 0 Å². The van der Waals surface area contributed by atoms with Crippen LogP contribution < -0.4 is 3.58 Å². The van der Waals surface area contributed by atoms with E-state index in [-0.39, 0.29) is 5.69 Å². The first-order chi connectivity index (χ1) is 12.2. The van der Waals surface area contributed by atoms with Gasteiger partial charge in [-0.1, -0.05) is 0 Å². The van der Waals surface area contributed by atoms with Gasteiger partial charge in [-0.15, -0.1) is 0 Å². The van der Waals surface area contributed by atoms with E-state index in [1.54, 1.807) is 0 Å². The number of halogens is 3. The van der Waals surface area contributed by atoms with Crippen LogP contribution in [-0.2, 0) is 6.18 Å². The van der Waals surface area contributed by atoms with Gasteiger partial charge in [0.2, 0.25) is 0 Å². The van der Waals surface area contributed by atoms with Gasteiger partial charge >= 0.3 is 158 Å². The second kappa shape index (κ2) is 10.5. The zero-order chi connectivity index (χ0) is 19.8. The second-order valence-electron chi connectivity index (χ2n) is 7.08. The fourth-order valence-corrected chi connectivity index (χ4v) is 20.2. The molecule has 0 aliphatic carbocycles. The molecule has 0 fully saturated rings. The Bertz CT molecular complexity index is 569. The van der Waals surface area contributed by atoms with Crippen molar-refractivity contribution >= 4 is 27.6 Å². The van der Waals surface area contributed by atoms with Crippen LogP contribution in [0, 0.1) is 10.1 Å². The van der Waals surface area contributed by atoms with Crippen LogP contribution in [0.4, 0.5) is 18.9 Å². The molecule has 0 unspecified atom stereocenters. The molecule has 0 N–H and O–H groups in total. The fraction of sp³-hybridized carbons (Fsp3) is 0.684. The Balaban J connectivity index is 3.52. The molecule has 0 aromatic heterocycles. The number of hydrogen-bond acceptors (Lipinski definition) is 2. The van der Waals surface area contributed by atoms with Crippen LogP contribution >= 0.6 is 0 Å². The van der Waals surface area contributed by atoms with Crippen LogP contribution in [0.5, 0.6) is 0 Å². The third-order valence-electron chi connectivity index (χ3n) is 5.12. The van der Waals surface area contributed by atoms with E-state index in [4.69, 9.17) is 0 Å². The van der Waals surface area contributed by atoms with Crippen LogP contribution in [-0.4, -0.2) is 23.3 Å². The van der Waals surface area contributed by atoms with Crippen LogP contribution in [0.25, 0.3) is 0 Å². The van der Waals surface area contributed by atoms with Crippen molar-refractivity contribution in [1.82, 2.24) is 0 Å². The first kappa shape index (κ1) is 23.2. The Morgan fingerprint density at radius 1 is 0.962 bits per heavy atom. The normalized spacial score (nSPS) is 12.4. The van der Waals surface area contributed by atoms with Crippen LogP contribution in [0.2, 0.25) is 13.3 Å². The number of nitro benzene ring substituents is 1. The summed E-state index contributed by atoms with van der Waals surface area (Å²) in [6.07, 6.45) is 1.46. The minimum atomic E-state index is -4.56. The maximum absolute atomic E-state index is 13.1. The predicted molar refractivity (Wildman–Crippen MR) is 103 cm³/mol. The average Bonchev–Trinajstić information content (AvgIpc) is 2.60. The summed E-state index contributed by atoms with van der Waals surface area (Å²) in [4.78, 5) is 11.0. The van der Waals surface area contributed by atoms with E-state index in [0.29, 0.717) is 3.58 Å². The second-order valence-corrected chi connectivity index (χ2v) is 20.2. The Labute approximate surface area is 158 Å². The number of hydrogen-bond donors (Lipinski definition) is 0. The summed E-state index contributed by atoms with van der Waals surface area (Å²) in [5.74, 6) is 0. The SMILES string of the molecule is CCC[CH2][Sn]([CH2]CCC)([CH2]CCC)[c]1ccc(C(F)(F)F)cc1[N+](=O)[O-]. The quantitative estimate of drug-likeness (QED) is 0.202. The molecule has 0 aliphatic rings. The van der Waals surface area contributed by atoms with E-state index in [0.717, 1.165) is 64.0 Å². The van der Waals surface area contributed by atoms with Crippen molar-refractivity contribution in [3.8, 4) is 0 Å². The summed E-state index contributed by atoms with van der Waals surface area (Å²) < 4.78 is 42.8. The van der Waals surface area contributed by atoms with Crippen molar-refractivity contribution < 1.29 is 18.1 Å². The molecule has 0 radical (unpaired) electrons. The molecule has 7 heteroatoms. The summed E-state index contributed by atoms with van der Waals surface area (Å²) >= 11 is -3.16. The van der Waals surface area contributed by atoms with Crippen molar-refractivity contribution in [3.05, 3.63) is 33.9 Å². The molecule has 0 aliphatic heterocycles. The van der Waals surface area contributed by atoms with Gasteiger partial charge in [0.05, 0.1) is 0 Å². The molecule has 0 atom stereocenters. The minimum absolute atomic E-state index is 0.293. The molecule has 1 rings (SSSR count). The van der Waals surface area contributed by atoms with E-state index in [9.17, 15) is 23.3 Å². The molecule has 26 heavy (non-hydrogen) atoms. The van der Waals surface area contributed by atoms with E-state index < -0.39 is 35.0 Å². The first-order valence-electron chi connectivity index (χ1n) is 9.58. The molecule has 0 spiro atoms. The zero-order valence-corrected chi connectivity index (χ0v) is 18.8. The molecule has 0 heterocycles. The number of benzene rings is 1. The van der Waals surface area contributed by atoms with Crippen LogP contribution in [0.15, 0.2) is 18.2 Å². The van der Waals surface area contributed by atoms with Gasteiger partial charge in [0.25, 0.3) is 0 Å². The molecular weight excluding hydrogens is 450 g/mol. The van der Waals surface area contributed by atoms with E-state index in [1.807, 2.05) is 0 Å². The Hall–Kier alpha value is -0.791.